The van der Waals surface area contributed by atoms with Crippen LogP contribution in [-0.2, 0) is 21.4 Å². The fraction of sp³-hybridized carbons (Fsp3) is 0.233. The van der Waals surface area contributed by atoms with E-state index in [1.165, 1.54) is 0 Å². The molecule has 0 unspecified atom stereocenters. The number of nitrogens with one attached hydrogen (secondary N) is 5. The van der Waals surface area contributed by atoms with Crippen LogP contribution in [0.5, 0.6) is 0 Å². The van der Waals surface area contributed by atoms with E-state index in [9.17, 15) is 13.2 Å². The van der Waals surface area contributed by atoms with Gasteiger partial charge in [0.1, 0.15) is 11.4 Å². The molecule has 1 aliphatic heterocycles. The first-order valence-corrected chi connectivity index (χ1v) is 15.1. The van der Waals surface area contributed by atoms with Gasteiger partial charge < -0.3 is 21.3 Å². The van der Waals surface area contributed by atoms with Gasteiger partial charge in [0, 0.05) is 42.8 Å². The molecule has 1 saturated carbocycles. The second kappa shape index (κ2) is 11.2. The van der Waals surface area contributed by atoms with Gasteiger partial charge in [-0.1, -0.05) is 48.5 Å². The van der Waals surface area contributed by atoms with Crippen LogP contribution in [0.3, 0.4) is 0 Å². The summed E-state index contributed by atoms with van der Waals surface area (Å²) in [4.78, 5) is 22.3. The second-order valence-electron chi connectivity index (χ2n) is 10.2. The zero-order chi connectivity index (χ0) is 28.3. The number of hydrogen-bond donors (Lipinski definition) is 5. The number of rotatable bonds is 6. The van der Waals surface area contributed by atoms with E-state index in [-0.39, 0.29) is 10.8 Å². The van der Waals surface area contributed by atoms with Crippen molar-refractivity contribution in [3.05, 3.63) is 90.6 Å². The zero-order valence-electron chi connectivity index (χ0n) is 22.4. The number of anilines is 4. The Morgan fingerprint density at radius 3 is 2.54 bits per heavy atom. The van der Waals surface area contributed by atoms with Gasteiger partial charge in [0.25, 0.3) is 0 Å². The van der Waals surface area contributed by atoms with E-state index in [1.54, 1.807) is 30.5 Å². The van der Waals surface area contributed by atoms with Crippen molar-refractivity contribution in [1.82, 2.24) is 20.0 Å². The van der Waals surface area contributed by atoms with Crippen LogP contribution in [0, 0.1) is 0 Å². The highest BCUT2D eigenvalue weighted by Crippen LogP contribution is 2.40. The smallest absolute Gasteiger partial charge is 0.245 e. The molecular weight excluding hydrogens is 538 g/mol. The number of carbonyl (C=O) groups is 1. The number of carbonyl (C=O) groups excluding carboxylic acids is 1. The molecule has 0 spiro atoms. The van der Waals surface area contributed by atoms with Gasteiger partial charge in [-0.25, -0.2) is 18.1 Å². The van der Waals surface area contributed by atoms with Crippen molar-refractivity contribution >= 4 is 39.1 Å². The molecule has 1 aromatic heterocycles. The number of amides is 1. The van der Waals surface area contributed by atoms with Crippen molar-refractivity contribution in [3.63, 3.8) is 0 Å². The van der Waals surface area contributed by atoms with Crippen LogP contribution in [0.15, 0.2) is 90.0 Å². The van der Waals surface area contributed by atoms with Crippen LogP contribution in [0.25, 0.3) is 11.1 Å². The summed E-state index contributed by atoms with van der Waals surface area (Å²) in [6, 6.07) is 24.3. The molecular formula is C30H31N7O3S. The minimum absolute atomic E-state index is 0.00481. The van der Waals surface area contributed by atoms with Crippen molar-refractivity contribution in [2.24, 2.45) is 0 Å². The van der Waals surface area contributed by atoms with Gasteiger partial charge in [-0.05, 0) is 60.7 Å². The van der Waals surface area contributed by atoms with Crippen LogP contribution in [-0.4, -0.2) is 42.9 Å². The molecule has 0 atom stereocenters. The predicted molar refractivity (Wildman–Crippen MR) is 159 cm³/mol. The standard InChI is InChI=1S/C30H31N7O3S/c38-28(32-19-21-6-2-1-3-7-21)30(14-15-30)37-23-12-10-22(11-13-23)26-20-33-29-35-24-8-4-9-25(18-24)41(39,40)34-17-5-16-31-27(26)36-29/h1-4,6-13,18,20,34,37H,5,14-17,19H2,(H,32,38)(H2,31,33,35,36). The van der Waals surface area contributed by atoms with Gasteiger partial charge in [0.05, 0.1) is 4.90 Å². The van der Waals surface area contributed by atoms with Crippen LogP contribution >= 0.6 is 0 Å². The Kier molecular flexibility index (Phi) is 7.29. The topological polar surface area (TPSA) is 137 Å². The Hall–Kier alpha value is -4.48. The maximum atomic E-state index is 12.9. The molecule has 2 heterocycles. The summed E-state index contributed by atoms with van der Waals surface area (Å²) in [6.45, 7) is 1.31. The van der Waals surface area contributed by atoms with Crippen molar-refractivity contribution in [2.45, 2.75) is 36.2 Å². The molecule has 1 aliphatic carbocycles. The third-order valence-electron chi connectivity index (χ3n) is 7.19. The summed E-state index contributed by atoms with van der Waals surface area (Å²) in [5, 5.41) is 12.9. The maximum absolute atomic E-state index is 12.9. The lowest BCUT2D eigenvalue weighted by molar-refractivity contribution is -0.122. The molecule has 210 valence electrons. The number of sulfonamides is 1. The van der Waals surface area contributed by atoms with E-state index in [2.05, 4.69) is 31.0 Å². The van der Waals surface area contributed by atoms with E-state index < -0.39 is 15.6 Å². The van der Waals surface area contributed by atoms with Crippen molar-refractivity contribution < 1.29 is 13.2 Å². The highest BCUT2D eigenvalue weighted by atomic mass is 32.2. The Balaban J connectivity index is 1.18. The average Bonchev–Trinajstić information content (AvgIpc) is 3.77. The number of fused-ring (bicyclic) bond motifs is 4. The molecule has 4 aromatic rings. The van der Waals surface area contributed by atoms with Gasteiger partial charge in [0.2, 0.25) is 21.9 Å². The molecule has 10 nitrogen and oxygen atoms in total. The molecule has 4 bridgehead atoms. The monoisotopic (exact) mass is 569 g/mol. The Bertz CT molecular complexity index is 1660. The fourth-order valence-corrected chi connectivity index (χ4v) is 5.85. The van der Waals surface area contributed by atoms with Crippen molar-refractivity contribution in [1.29, 1.82) is 0 Å². The molecule has 5 N–H and O–H groups in total. The van der Waals surface area contributed by atoms with Crippen LogP contribution in [0.4, 0.5) is 23.1 Å². The predicted octanol–water partition coefficient (Wildman–Crippen LogP) is 4.24. The van der Waals surface area contributed by atoms with E-state index in [0.717, 1.165) is 35.2 Å². The number of nitrogens with zero attached hydrogens (tertiary/aromatic N) is 2. The largest absolute Gasteiger partial charge is 0.371 e. The lowest BCUT2D eigenvalue weighted by Gasteiger charge is -2.19. The molecule has 1 amide bonds. The summed E-state index contributed by atoms with van der Waals surface area (Å²) in [7, 11) is -3.61. The lowest BCUT2D eigenvalue weighted by Crippen LogP contribution is -2.41. The first-order valence-electron chi connectivity index (χ1n) is 13.6. The van der Waals surface area contributed by atoms with Crippen molar-refractivity contribution in [2.75, 3.05) is 29.0 Å². The fourth-order valence-electron chi connectivity index (χ4n) is 4.73. The highest BCUT2D eigenvalue weighted by molar-refractivity contribution is 7.89. The molecule has 2 aliphatic rings. The molecule has 3 aromatic carbocycles. The first-order chi connectivity index (χ1) is 19.9. The minimum atomic E-state index is -3.61. The highest BCUT2D eigenvalue weighted by Gasteiger charge is 2.49. The molecule has 1 fully saturated rings. The number of hydrogen-bond acceptors (Lipinski definition) is 8. The Morgan fingerprint density at radius 1 is 0.951 bits per heavy atom. The molecule has 11 heteroatoms. The Labute approximate surface area is 239 Å². The average molecular weight is 570 g/mol. The normalized spacial score (nSPS) is 16.9. The summed E-state index contributed by atoms with van der Waals surface area (Å²) in [5.41, 5.74) is 3.64. The zero-order valence-corrected chi connectivity index (χ0v) is 23.2. The van der Waals surface area contributed by atoms with E-state index >= 15 is 0 Å². The molecule has 41 heavy (non-hydrogen) atoms. The van der Waals surface area contributed by atoms with E-state index in [4.69, 9.17) is 4.98 Å². The summed E-state index contributed by atoms with van der Waals surface area (Å²) >= 11 is 0. The first kappa shape index (κ1) is 26.7. The second-order valence-corrected chi connectivity index (χ2v) is 12.0. The van der Waals surface area contributed by atoms with Crippen LogP contribution < -0.4 is 26.0 Å². The van der Waals surface area contributed by atoms with Crippen molar-refractivity contribution in [3.8, 4) is 11.1 Å². The van der Waals surface area contributed by atoms with Gasteiger partial charge in [-0.3, -0.25) is 4.79 Å². The van der Waals surface area contributed by atoms with Gasteiger partial charge in [-0.2, -0.15) is 4.98 Å². The van der Waals surface area contributed by atoms with E-state index in [1.807, 2.05) is 54.6 Å². The molecule has 0 radical (unpaired) electrons. The summed E-state index contributed by atoms with van der Waals surface area (Å²) in [5.74, 6) is 0.999. The number of benzene rings is 3. The van der Waals surface area contributed by atoms with Crippen LogP contribution in [0.1, 0.15) is 24.8 Å². The Morgan fingerprint density at radius 2 is 1.76 bits per heavy atom. The summed E-state index contributed by atoms with van der Waals surface area (Å²) < 4.78 is 27.9. The van der Waals surface area contributed by atoms with Gasteiger partial charge >= 0.3 is 0 Å². The quantitative estimate of drug-likeness (QED) is 0.233. The maximum Gasteiger partial charge on any atom is 0.245 e. The molecule has 0 saturated heterocycles. The SMILES string of the molecule is O=C(NCc1ccccc1)C1(Nc2ccc(-c3cnc4nc3NCCCNS(=O)(=O)c3cccc(c3)N4)cc2)CC1. The molecule has 6 rings (SSSR count). The summed E-state index contributed by atoms with van der Waals surface area (Å²) in [6.07, 6.45) is 3.88. The minimum Gasteiger partial charge on any atom is -0.371 e. The van der Waals surface area contributed by atoms with Gasteiger partial charge in [-0.15, -0.1) is 0 Å². The van der Waals surface area contributed by atoms with Gasteiger partial charge in [0.15, 0.2) is 0 Å². The third-order valence-corrected chi connectivity index (χ3v) is 8.65. The van der Waals surface area contributed by atoms with E-state index in [0.29, 0.717) is 43.5 Å². The third kappa shape index (κ3) is 6.16. The van der Waals surface area contributed by atoms with Crippen LogP contribution in [0.2, 0.25) is 0 Å². The number of aromatic nitrogens is 2. The lowest BCUT2D eigenvalue weighted by atomic mass is 10.1.